The lowest BCUT2D eigenvalue weighted by Gasteiger charge is -2.05. The van der Waals surface area contributed by atoms with E-state index in [0.29, 0.717) is 26.3 Å². The van der Waals surface area contributed by atoms with E-state index in [1.807, 2.05) is 0 Å². The Morgan fingerprint density at radius 1 is 0.533 bits per heavy atom. The average molecular weight is 220 g/mol. The van der Waals surface area contributed by atoms with Crippen LogP contribution in [0, 0.1) is 0 Å². The number of hydrogen-bond acceptors (Lipinski definition) is 5. The van der Waals surface area contributed by atoms with Crippen molar-refractivity contribution in [1.29, 1.82) is 0 Å². The van der Waals surface area contributed by atoms with Gasteiger partial charge in [0, 0.05) is 39.5 Å². The van der Waals surface area contributed by atoms with Gasteiger partial charge in [0.1, 0.15) is 0 Å². The van der Waals surface area contributed by atoms with Crippen LogP contribution >= 0.6 is 0 Å². The first-order valence-corrected chi connectivity index (χ1v) is 5.55. The highest BCUT2D eigenvalue weighted by Crippen LogP contribution is 1.88. The molecule has 92 valence electrons. The van der Waals surface area contributed by atoms with Crippen LogP contribution in [0.2, 0.25) is 0 Å². The molecular weight excluding hydrogens is 196 g/mol. The highest BCUT2D eigenvalue weighted by molar-refractivity contribution is 4.39. The molecule has 0 unspecified atom stereocenters. The molecule has 0 saturated carbocycles. The quantitative estimate of drug-likeness (QED) is 0.443. The minimum atomic E-state index is 0.583. The van der Waals surface area contributed by atoms with E-state index >= 15 is 0 Å². The molecule has 0 saturated heterocycles. The molecule has 0 aromatic heterocycles. The topological polar surface area (TPSA) is 79.7 Å². The molecule has 0 atom stereocenters. The van der Waals surface area contributed by atoms with Crippen molar-refractivity contribution >= 4 is 0 Å². The standard InChI is InChI=1S/C10H24N2O3/c11-3-9-14-7-1-5-13-6-2-8-15-10-4-12/h1-12H2. The van der Waals surface area contributed by atoms with Crippen LogP contribution in [0.5, 0.6) is 0 Å². The maximum absolute atomic E-state index is 5.37. The van der Waals surface area contributed by atoms with Gasteiger partial charge in [0.2, 0.25) is 0 Å². The number of nitrogens with two attached hydrogens (primary N) is 2. The van der Waals surface area contributed by atoms with Crippen LogP contribution < -0.4 is 11.5 Å². The van der Waals surface area contributed by atoms with Crippen molar-refractivity contribution in [2.24, 2.45) is 11.5 Å². The summed E-state index contributed by atoms with van der Waals surface area (Å²) in [5.41, 5.74) is 10.5. The molecule has 0 bridgehead atoms. The van der Waals surface area contributed by atoms with Crippen molar-refractivity contribution in [3.05, 3.63) is 0 Å². The molecule has 15 heavy (non-hydrogen) atoms. The Morgan fingerprint density at radius 2 is 0.867 bits per heavy atom. The van der Waals surface area contributed by atoms with E-state index in [2.05, 4.69) is 0 Å². The van der Waals surface area contributed by atoms with E-state index in [1.54, 1.807) is 0 Å². The molecule has 0 aromatic rings. The third kappa shape index (κ3) is 13.8. The first-order valence-electron chi connectivity index (χ1n) is 5.55. The Labute approximate surface area is 92.0 Å². The summed E-state index contributed by atoms with van der Waals surface area (Å²) in [5, 5.41) is 0. The Hall–Kier alpha value is -0.200. The molecule has 0 aromatic carbocycles. The molecule has 0 aliphatic heterocycles. The van der Waals surface area contributed by atoms with Crippen LogP contribution in [0.4, 0.5) is 0 Å². The molecule has 4 N–H and O–H groups in total. The van der Waals surface area contributed by atoms with Crippen molar-refractivity contribution in [1.82, 2.24) is 0 Å². The first-order chi connectivity index (χ1) is 7.41. The molecule has 0 aliphatic rings. The van der Waals surface area contributed by atoms with Crippen molar-refractivity contribution < 1.29 is 14.2 Å². The Bertz CT molecular complexity index is 103. The van der Waals surface area contributed by atoms with Crippen LogP contribution in [0.1, 0.15) is 12.8 Å². The molecule has 0 rings (SSSR count). The monoisotopic (exact) mass is 220 g/mol. The summed E-state index contributed by atoms with van der Waals surface area (Å²) >= 11 is 0. The second-order valence-corrected chi connectivity index (χ2v) is 3.12. The summed E-state index contributed by atoms with van der Waals surface area (Å²) < 4.78 is 15.8. The fourth-order valence-electron chi connectivity index (χ4n) is 0.999. The van der Waals surface area contributed by atoms with Gasteiger partial charge in [-0.15, -0.1) is 0 Å². The van der Waals surface area contributed by atoms with E-state index in [1.165, 1.54) is 0 Å². The van der Waals surface area contributed by atoms with Crippen LogP contribution in [-0.4, -0.2) is 52.7 Å². The number of ether oxygens (including phenoxy) is 3. The van der Waals surface area contributed by atoms with E-state index in [9.17, 15) is 0 Å². The van der Waals surface area contributed by atoms with Gasteiger partial charge in [-0.2, -0.15) is 0 Å². The van der Waals surface area contributed by atoms with Gasteiger partial charge in [-0.05, 0) is 12.8 Å². The van der Waals surface area contributed by atoms with Crippen molar-refractivity contribution in [3.63, 3.8) is 0 Å². The summed E-state index contributed by atoms with van der Waals surface area (Å²) in [7, 11) is 0. The van der Waals surface area contributed by atoms with E-state index in [4.69, 9.17) is 25.7 Å². The van der Waals surface area contributed by atoms with Gasteiger partial charge in [0.15, 0.2) is 0 Å². The van der Waals surface area contributed by atoms with Gasteiger partial charge in [-0.1, -0.05) is 0 Å². The highest BCUT2D eigenvalue weighted by Gasteiger charge is 1.91. The van der Waals surface area contributed by atoms with Crippen LogP contribution in [0.15, 0.2) is 0 Å². The molecular formula is C10H24N2O3. The predicted molar refractivity (Wildman–Crippen MR) is 59.8 cm³/mol. The molecule has 0 radical (unpaired) electrons. The zero-order chi connectivity index (χ0) is 11.2. The Balaban J connectivity index is 2.81. The minimum Gasteiger partial charge on any atom is -0.381 e. The molecule has 0 heterocycles. The first kappa shape index (κ1) is 14.8. The van der Waals surface area contributed by atoms with Gasteiger partial charge in [0.05, 0.1) is 13.2 Å². The molecule has 5 heteroatoms. The zero-order valence-corrected chi connectivity index (χ0v) is 9.45. The molecule has 5 nitrogen and oxygen atoms in total. The Morgan fingerprint density at radius 3 is 1.20 bits per heavy atom. The van der Waals surface area contributed by atoms with Gasteiger partial charge >= 0.3 is 0 Å². The van der Waals surface area contributed by atoms with Gasteiger partial charge < -0.3 is 25.7 Å². The molecule has 0 aliphatic carbocycles. The van der Waals surface area contributed by atoms with Crippen molar-refractivity contribution in [3.8, 4) is 0 Å². The summed E-state index contributed by atoms with van der Waals surface area (Å²) in [6.07, 6.45) is 1.84. The zero-order valence-electron chi connectivity index (χ0n) is 9.45. The second kappa shape index (κ2) is 13.8. The molecule has 0 spiro atoms. The fourth-order valence-corrected chi connectivity index (χ4v) is 0.999. The summed E-state index contributed by atoms with van der Waals surface area (Å²) in [6, 6.07) is 0. The van der Waals surface area contributed by atoms with Crippen molar-refractivity contribution in [2.75, 3.05) is 52.7 Å². The van der Waals surface area contributed by atoms with Gasteiger partial charge in [0.25, 0.3) is 0 Å². The third-order valence-electron chi connectivity index (χ3n) is 1.68. The lowest BCUT2D eigenvalue weighted by Crippen LogP contribution is -2.11. The van der Waals surface area contributed by atoms with Gasteiger partial charge in [-0.25, -0.2) is 0 Å². The van der Waals surface area contributed by atoms with Crippen LogP contribution in [-0.2, 0) is 14.2 Å². The van der Waals surface area contributed by atoms with Crippen LogP contribution in [0.25, 0.3) is 0 Å². The number of hydrogen-bond donors (Lipinski definition) is 2. The maximum atomic E-state index is 5.37. The maximum Gasteiger partial charge on any atom is 0.0588 e. The second-order valence-electron chi connectivity index (χ2n) is 3.12. The fraction of sp³-hybridized carbons (Fsp3) is 1.00. The van der Waals surface area contributed by atoms with Gasteiger partial charge in [-0.3, -0.25) is 0 Å². The summed E-state index contributed by atoms with van der Waals surface area (Å²) in [6.45, 7) is 5.35. The van der Waals surface area contributed by atoms with E-state index < -0.39 is 0 Å². The minimum absolute atomic E-state index is 0.583. The summed E-state index contributed by atoms with van der Waals surface area (Å²) in [4.78, 5) is 0. The van der Waals surface area contributed by atoms with Crippen LogP contribution in [0.3, 0.4) is 0 Å². The Kier molecular flexibility index (Phi) is 13.6. The third-order valence-corrected chi connectivity index (χ3v) is 1.68. The molecule has 0 fully saturated rings. The summed E-state index contributed by atoms with van der Waals surface area (Å²) in [5.74, 6) is 0. The van der Waals surface area contributed by atoms with E-state index in [-0.39, 0.29) is 0 Å². The SMILES string of the molecule is NCCOCCCOCCCOCCN. The van der Waals surface area contributed by atoms with E-state index in [0.717, 1.165) is 39.3 Å². The molecule has 0 amide bonds. The number of rotatable bonds is 12. The average Bonchev–Trinajstić information content (AvgIpc) is 2.26. The smallest absolute Gasteiger partial charge is 0.0588 e. The lowest BCUT2D eigenvalue weighted by atomic mass is 10.4. The predicted octanol–water partition coefficient (Wildman–Crippen LogP) is -0.266. The lowest BCUT2D eigenvalue weighted by molar-refractivity contribution is 0.0663. The highest BCUT2D eigenvalue weighted by atomic mass is 16.5. The van der Waals surface area contributed by atoms with Crippen molar-refractivity contribution in [2.45, 2.75) is 12.8 Å². The largest absolute Gasteiger partial charge is 0.381 e. The normalized spacial score (nSPS) is 10.8.